The summed E-state index contributed by atoms with van der Waals surface area (Å²) in [6.45, 7) is 0.582. The van der Waals surface area contributed by atoms with Crippen LogP contribution >= 0.6 is 12.6 Å². The summed E-state index contributed by atoms with van der Waals surface area (Å²) in [5.74, 6) is 0.918. The van der Waals surface area contributed by atoms with Crippen LogP contribution in [0.15, 0.2) is 18.3 Å². The molecular weight excluding hydrogens is 215 g/mol. The molecule has 1 aliphatic rings. The third kappa shape index (κ3) is 2.12. The molecule has 0 aliphatic carbocycles. The van der Waals surface area contributed by atoms with Gasteiger partial charge in [0.25, 0.3) is 0 Å². The van der Waals surface area contributed by atoms with Gasteiger partial charge in [-0.3, -0.25) is 9.69 Å². The lowest BCUT2D eigenvalue weighted by Crippen LogP contribution is -2.25. The third-order valence-corrected chi connectivity index (χ3v) is 2.96. The van der Waals surface area contributed by atoms with E-state index in [1.807, 2.05) is 0 Å². The average molecular weight is 226 g/mol. The van der Waals surface area contributed by atoms with E-state index < -0.39 is 0 Å². The Hall–Kier alpha value is -1.10. The van der Waals surface area contributed by atoms with Crippen molar-refractivity contribution in [1.29, 1.82) is 0 Å². The smallest absolute Gasteiger partial charge is 0.228 e. The molecule has 80 valence electrons. The lowest BCUT2D eigenvalue weighted by Gasteiger charge is -2.14. The number of amides is 1. The SMILES string of the molecule is O=C1CC(CS)CN1c1cc(F)ccn1. The summed E-state index contributed by atoms with van der Waals surface area (Å²) in [6, 6.07) is 2.54. The normalized spacial score (nSPS) is 21.1. The number of nitrogens with zero attached hydrogens (tertiary/aromatic N) is 2. The Kier molecular flexibility index (Phi) is 2.90. The number of hydrogen-bond donors (Lipinski definition) is 1. The number of carbonyl (C=O) groups excluding carboxylic acids is 1. The Bertz CT molecular complexity index is 385. The second-order valence-electron chi connectivity index (χ2n) is 3.59. The van der Waals surface area contributed by atoms with Crippen LogP contribution < -0.4 is 4.90 Å². The first-order valence-corrected chi connectivity index (χ1v) is 5.36. The van der Waals surface area contributed by atoms with Crippen LogP contribution in [0.4, 0.5) is 10.2 Å². The van der Waals surface area contributed by atoms with Crippen molar-refractivity contribution < 1.29 is 9.18 Å². The van der Waals surface area contributed by atoms with E-state index >= 15 is 0 Å². The fourth-order valence-corrected chi connectivity index (χ4v) is 1.91. The molecule has 5 heteroatoms. The van der Waals surface area contributed by atoms with Crippen LogP contribution in [-0.2, 0) is 4.79 Å². The van der Waals surface area contributed by atoms with E-state index in [0.717, 1.165) is 0 Å². The molecule has 1 unspecified atom stereocenters. The van der Waals surface area contributed by atoms with Gasteiger partial charge in [0.15, 0.2) is 0 Å². The highest BCUT2D eigenvalue weighted by molar-refractivity contribution is 7.80. The maximum Gasteiger partial charge on any atom is 0.228 e. The van der Waals surface area contributed by atoms with Gasteiger partial charge in [-0.15, -0.1) is 0 Å². The first-order chi connectivity index (χ1) is 7.20. The quantitative estimate of drug-likeness (QED) is 0.775. The highest BCUT2D eigenvalue weighted by atomic mass is 32.1. The highest BCUT2D eigenvalue weighted by Gasteiger charge is 2.30. The van der Waals surface area contributed by atoms with Crippen LogP contribution in [0.1, 0.15) is 6.42 Å². The van der Waals surface area contributed by atoms with Crippen LogP contribution in [0.3, 0.4) is 0 Å². The molecule has 1 aromatic heterocycles. The van der Waals surface area contributed by atoms with E-state index in [0.29, 0.717) is 24.5 Å². The first-order valence-electron chi connectivity index (χ1n) is 4.73. The monoisotopic (exact) mass is 226 g/mol. The molecule has 2 rings (SSSR count). The fourth-order valence-electron chi connectivity index (χ4n) is 1.67. The van der Waals surface area contributed by atoms with Gasteiger partial charge >= 0.3 is 0 Å². The summed E-state index contributed by atoms with van der Waals surface area (Å²) < 4.78 is 12.9. The Morgan fingerprint density at radius 1 is 1.67 bits per heavy atom. The predicted octanol–water partition coefficient (Wildman–Crippen LogP) is 1.50. The van der Waals surface area contributed by atoms with Gasteiger partial charge in [-0.25, -0.2) is 9.37 Å². The minimum atomic E-state index is -0.373. The lowest BCUT2D eigenvalue weighted by atomic mass is 10.1. The van der Waals surface area contributed by atoms with Gasteiger partial charge in [0, 0.05) is 25.2 Å². The average Bonchev–Trinajstić information content (AvgIpc) is 2.60. The Morgan fingerprint density at radius 3 is 3.07 bits per heavy atom. The maximum absolute atomic E-state index is 12.9. The second-order valence-corrected chi connectivity index (χ2v) is 3.95. The van der Waals surface area contributed by atoms with Gasteiger partial charge in [-0.05, 0) is 17.7 Å². The number of carbonyl (C=O) groups is 1. The Labute approximate surface area is 92.7 Å². The highest BCUT2D eigenvalue weighted by Crippen LogP contribution is 2.24. The molecule has 1 aliphatic heterocycles. The number of rotatable bonds is 2. The van der Waals surface area contributed by atoms with Crippen molar-refractivity contribution in [3.63, 3.8) is 0 Å². The van der Waals surface area contributed by atoms with Crippen molar-refractivity contribution in [3.8, 4) is 0 Å². The van der Waals surface area contributed by atoms with Crippen LogP contribution in [0, 0.1) is 11.7 Å². The Balaban J connectivity index is 2.21. The topological polar surface area (TPSA) is 33.2 Å². The molecule has 1 amide bonds. The summed E-state index contributed by atoms with van der Waals surface area (Å²) in [6.07, 6.45) is 1.84. The number of aromatic nitrogens is 1. The van der Waals surface area contributed by atoms with Gasteiger partial charge in [-0.1, -0.05) is 0 Å². The molecule has 1 saturated heterocycles. The number of pyridine rings is 1. The first kappa shape index (κ1) is 10.4. The summed E-state index contributed by atoms with van der Waals surface area (Å²) in [5, 5.41) is 0. The standard InChI is InChI=1S/C10H11FN2OS/c11-8-1-2-12-9(4-8)13-5-7(6-15)3-10(13)14/h1-2,4,7,15H,3,5-6H2. The van der Waals surface area contributed by atoms with E-state index in [-0.39, 0.29) is 17.6 Å². The molecule has 0 N–H and O–H groups in total. The molecule has 1 aromatic rings. The summed E-state index contributed by atoms with van der Waals surface area (Å²) in [7, 11) is 0. The summed E-state index contributed by atoms with van der Waals surface area (Å²) in [4.78, 5) is 17.1. The predicted molar refractivity (Wildman–Crippen MR) is 58.5 cm³/mol. The van der Waals surface area contributed by atoms with Crippen molar-refractivity contribution in [2.24, 2.45) is 5.92 Å². The molecule has 15 heavy (non-hydrogen) atoms. The van der Waals surface area contributed by atoms with Crippen molar-refractivity contribution in [1.82, 2.24) is 4.98 Å². The van der Waals surface area contributed by atoms with Crippen molar-refractivity contribution in [2.45, 2.75) is 6.42 Å². The minimum Gasteiger partial charge on any atom is -0.296 e. The molecule has 1 fully saturated rings. The van der Waals surface area contributed by atoms with E-state index in [9.17, 15) is 9.18 Å². The zero-order valence-corrected chi connectivity index (χ0v) is 8.95. The fraction of sp³-hybridized carbons (Fsp3) is 0.400. The summed E-state index contributed by atoms with van der Waals surface area (Å²) >= 11 is 4.16. The number of halogens is 1. The van der Waals surface area contributed by atoms with Gasteiger partial charge < -0.3 is 0 Å². The molecular formula is C10H11FN2OS. The molecule has 0 bridgehead atoms. The van der Waals surface area contributed by atoms with Crippen molar-refractivity contribution in [3.05, 3.63) is 24.1 Å². The van der Waals surface area contributed by atoms with Crippen LogP contribution in [0.5, 0.6) is 0 Å². The minimum absolute atomic E-state index is 0.00727. The number of hydrogen-bond acceptors (Lipinski definition) is 3. The molecule has 1 atom stereocenters. The molecule has 0 saturated carbocycles. The van der Waals surface area contributed by atoms with Gasteiger partial charge in [-0.2, -0.15) is 12.6 Å². The molecule has 3 nitrogen and oxygen atoms in total. The Morgan fingerprint density at radius 2 is 2.47 bits per heavy atom. The zero-order chi connectivity index (χ0) is 10.8. The maximum atomic E-state index is 12.9. The molecule has 2 heterocycles. The number of thiol groups is 1. The lowest BCUT2D eigenvalue weighted by molar-refractivity contribution is -0.117. The van der Waals surface area contributed by atoms with Crippen LogP contribution in [0.25, 0.3) is 0 Å². The molecule has 0 radical (unpaired) electrons. The van der Waals surface area contributed by atoms with Crippen LogP contribution in [-0.4, -0.2) is 23.2 Å². The van der Waals surface area contributed by atoms with E-state index in [1.165, 1.54) is 23.2 Å². The van der Waals surface area contributed by atoms with E-state index in [4.69, 9.17) is 0 Å². The largest absolute Gasteiger partial charge is 0.296 e. The molecule has 0 aromatic carbocycles. The summed E-state index contributed by atoms with van der Waals surface area (Å²) in [5.41, 5.74) is 0. The van der Waals surface area contributed by atoms with Crippen molar-refractivity contribution in [2.75, 3.05) is 17.2 Å². The van der Waals surface area contributed by atoms with E-state index in [1.54, 1.807) is 0 Å². The molecule has 0 spiro atoms. The van der Waals surface area contributed by atoms with E-state index in [2.05, 4.69) is 17.6 Å². The second kappa shape index (κ2) is 4.18. The van der Waals surface area contributed by atoms with Gasteiger partial charge in [0.1, 0.15) is 11.6 Å². The zero-order valence-electron chi connectivity index (χ0n) is 8.06. The van der Waals surface area contributed by atoms with Crippen LogP contribution in [0.2, 0.25) is 0 Å². The van der Waals surface area contributed by atoms with Gasteiger partial charge in [0.2, 0.25) is 5.91 Å². The third-order valence-electron chi connectivity index (χ3n) is 2.45. The van der Waals surface area contributed by atoms with Crippen molar-refractivity contribution >= 4 is 24.4 Å². The number of anilines is 1. The van der Waals surface area contributed by atoms with Gasteiger partial charge in [0.05, 0.1) is 0 Å².